The zero-order chi connectivity index (χ0) is 16.2. The molecule has 0 heterocycles. The lowest BCUT2D eigenvalue weighted by Gasteiger charge is -2.29. The molecule has 22 heavy (non-hydrogen) atoms. The molecule has 0 spiro atoms. The SMILES string of the molecule is C=C(C)C(=O)OCC[N+](C)(C)Cc1ccc2ccccc2c1. The van der Waals surface area contributed by atoms with E-state index in [1.54, 1.807) is 6.92 Å². The van der Waals surface area contributed by atoms with Crippen LogP contribution in [0.4, 0.5) is 0 Å². The van der Waals surface area contributed by atoms with Crippen molar-refractivity contribution >= 4 is 16.7 Å². The number of ether oxygens (including phenoxy) is 1. The minimum Gasteiger partial charge on any atom is -0.456 e. The first kappa shape index (κ1) is 16.2. The number of carbonyl (C=O) groups excluding carboxylic acids is 1. The average molecular weight is 298 g/mol. The number of rotatable bonds is 6. The average Bonchev–Trinajstić information content (AvgIpc) is 2.46. The molecule has 0 saturated carbocycles. The fraction of sp³-hybridized carbons (Fsp3) is 0.316. The molecule has 116 valence electrons. The van der Waals surface area contributed by atoms with Gasteiger partial charge in [0.2, 0.25) is 0 Å². The summed E-state index contributed by atoms with van der Waals surface area (Å²) < 4.78 is 5.96. The fourth-order valence-corrected chi connectivity index (χ4v) is 2.42. The minimum atomic E-state index is -0.314. The van der Waals surface area contributed by atoms with Crippen molar-refractivity contribution in [1.82, 2.24) is 0 Å². The number of carbonyl (C=O) groups is 1. The Balaban J connectivity index is 1.97. The second kappa shape index (κ2) is 6.75. The molecule has 2 aromatic rings. The molecule has 0 aliphatic carbocycles. The highest BCUT2D eigenvalue weighted by Crippen LogP contribution is 2.18. The van der Waals surface area contributed by atoms with Gasteiger partial charge in [-0.1, -0.05) is 43.0 Å². The van der Waals surface area contributed by atoms with Crippen LogP contribution in [-0.4, -0.2) is 37.7 Å². The van der Waals surface area contributed by atoms with Crippen molar-refractivity contribution in [1.29, 1.82) is 0 Å². The third-order valence-corrected chi connectivity index (χ3v) is 3.70. The van der Waals surface area contributed by atoms with Gasteiger partial charge in [0.05, 0.1) is 14.1 Å². The molecule has 0 radical (unpaired) electrons. The van der Waals surface area contributed by atoms with Crippen molar-refractivity contribution in [2.75, 3.05) is 27.2 Å². The quantitative estimate of drug-likeness (QED) is 0.463. The van der Waals surface area contributed by atoms with Gasteiger partial charge in [0.25, 0.3) is 0 Å². The van der Waals surface area contributed by atoms with E-state index < -0.39 is 0 Å². The molecular weight excluding hydrogens is 274 g/mol. The third-order valence-electron chi connectivity index (χ3n) is 3.70. The maximum Gasteiger partial charge on any atom is 0.333 e. The van der Waals surface area contributed by atoms with Gasteiger partial charge >= 0.3 is 5.97 Å². The van der Waals surface area contributed by atoms with Crippen LogP contribution in [0.15, 0.2) is 54.6 Å². The van der Waals surface area contributed by atoms with E-state index in [-0.39, 0.29) is 5.97 Å². The van der Waals surface area contributed by atoms with Crippen LogP contribution in [0.5, 0.6) is 0 Å². The molecule has 0 amide bonds. The van der Waals surface area contributed by atoms with Crippen LogP contribution >= 0.6 is 0 Å². The molecule has 0 atom stereocenters. The van der Waals surface area contributed by atoms with Gasteiger partial charge in [-0.15, -0.1) is 0 Å². The first-order valence-corrected chi connectivity index (χ1v) is 7.50. The summed E-state index contributed by atoms with van der Waals surface area (Å²) in [6.07, 6.45) is 0. The number of likely N-dealkylation sites (N-methyl/N-ethyl adjacent to an activating group) is 1. The van der Waals surface area contributed by atoms with Crippen molar-refractivity contribution < 1.29 is 14.0 Å². The summed E-state index contributed by atoms with van der Waals surface area (Å²) in [5.74, 6) is -0.314. The molecule has 0 aromatic heterocycles. The molecule has 2 aromatic carbocycles. The van der Waals surface area contributed by atoms with E-state index in [4.69, 9.17) is 4.74 Å². The van der Waals surface area contributed by atoms with E-state index in [0.717, 1.165) is 17.6 Å². The fourth-order valence-electron chi connectivity index (χ4n) is 2.42. The van der Waals surface area contributed by atoms with Crippen molar-refractivity contribution in [3.63, 3.8) is 0 Å². The zero-order valence-corrected chi connectivity index (χ0v) is 13.6. The molecule has 0 aliphatic rings. The van der Waals surface area contributed by atoms with Gasteiger partial charge in [-0.3, -0.25) is 0 Å². The molecule has 0 aliphatic heterocycles. The second-order valence-corrected chi connectivity index (χ2v) is 6.42. The summed E-state index contributed by atoms with van der Waals surface area (Å²) in [4.78, 5) is 11.4. The van der Waals surface area contributed by atoms with E-state index in [2.05, 4.69) is 63.1 Å². The van der Waals surface area contributed by atoms with Gasteiger partial charge in [0, 0.05) is 11.1 Å². The van der Waals surface area contributed by atoms with E-state index in [1.807, 2.05) is 0 Å². The van der Waals surface area contributed by atoms with Crippen LogP contribution in [0.2, 0.25) is 0 Å². The molecule has 0 fully saturated rings. The van der Waals surface area contributed by atoms with Gasteiger partial charge in [-0.2, -0.15) is 0 Å². The molecule has 3 nitrogen and oxygen atoms in total. The highest BCUT2D eigenvalue weighted by molar-refractivity contribution is 5.86. The van der Waals surface area contributed by atoms with Crippen LogP contribution in [-0.2, 0) is 16.1 Å². The topological polar surface area (TPSA) is 26.3 Å². The smallest absolute Gasteiger partial charge is 0.333 e. The van der Waals surface area contributed by atoms with Crippen LogP contribution in [0, 0.1) is 0 Å². The maximum atomic E-state index is 11.4. The number of fused-ring (bicyclic) bond motifs is 1. The Morgan fingerprint density at radius 2 is 1.82 bits per heavy atom. The standard InChI is InChI=1S/C19H24NO2/c1-15(2)19(21)22-12-11-20(3,4)14-16-9-10-17-7-5-6-8-18(17)13-16/h5-10,13H,1,11-12,14H2,2-4H3/q+1. The first-order chi connectivity index (χ1) is 10.4. The largest absolute Gasteiger partial charge is 0.456 e. The monoisotopic (exact) mass is 298 g/mol. The number of nitrogens with zero attached hydrogens (tertiary/aromatic N) is 1. The Labute approximate surface area is 132 Å². The van der Waals surface area contributed by atoms with Crippen molar-refractivity contribution in [2.24, 2.45) is 0 Å². The van der Waals surface area contributed by atoms with Gasteiger partial charge in [-0.05, 0) is 23.8 Å². The van der Waals surface area contributed by atoms with E-state index in [1.165, 1.54) is 16.3 Å². The van der Waals surface area contributed by atoms with Crippen LogP contribution < -0.4 is 0 Å². The van der Waals surface area contributed by atoms with E-state index >= 15 is 0 Å². The lowest BCUT2D eigenvalue weighted by atomic mass is 10.1. The zero-order valence-electron chi connectivity index (χ0n) is 13.6. The Morgan fingerprint density at radius 1 is 1.14 bits per heavy atom. The predicted octanol–water partition coefficient (Wildman–Crippen LogP) is 3.54. The van der Waals surface area contributed by atoms with Crippen LogP contribution in [0.3, 0.4) is 0 Å². The second-order valence-electron chi connectivity index (χ2n) is 6.42. The molecule has 0 N–H and O–H groups in total. The molecule has 3 heteroatoms. The number of hydrogen-bond acceptors (Lipinski definition) is 2. The van der Waals surface area contributed by atoms with E-state index in [9.17, 15) is 4.79 Å². The lowest BCUT2D eigenvalue weighted by molar-refractivity contribution is -0.903. The van der Waals surface area contributed by atoms with Crippen molar-refractivity contribution in [3.8, 4) is 0 Å². The number of benzene rings is 2. The number of esters is 1. The predicted molar refractivity (Wildman–Crippen MR) is 90.4 cm³/mol. The summed E-state index contributed by atoms with van der Waals surface area (Å²) >= 11 is 0. The highest BCUT2D eigenvalue weighted by Gasteiger charge is 2.17. The van der Waals surface area contributed by atoms with Crippen molar-refractivity contribution in [2.45, 2.75) is 13.5 Å². The molecule has 0 saturated heterocycles. The summed E-state index contributed by atoms with van der Waals surface area (Å²) in [7, 11) is 4.29. The van der Waals surface area contributed by atoms with Crippen molar-refractivity contribution in [3.05, 3.63) is 60.2 Å². The molecule has 0 bridgehead atoms. The first-order valence-electron chi connectivity index (χ1n) is 7.50. The lowest BCUT2D eigenvalue weighted by Crippen LogP contribution is -2.41. The summed E-state index contributed by atoms with van der Waals surface area (Å²) in [5, 5.41) is 2.51. The number of quaternary nitrogens is 1. The van der Waals surface area contributed by atoms with Gasteiger partial charge in [0.1, 0.15) is 19.7 Å². The Bertz CT molecular complexity index is 689. The van der Waals surface area contributed by atoms with Crippen LogP contribution in [0.25, 0.3) is 10.8 Å². The Kier molecular flexibility index (Phi) is 4.99. The molecule has 2 rings (SSSR count). The summed E-state index contributed by atoms with van der Waals surface area (Å²) in [6.45, 7) is 7.33. The van der Waals surface area contributed by atoms with Gasteiger partial charge < -0.3 is 9.22 Å². The van der Waals surface area contributed by atoms with Crippen LogP contribution in [0.1, 0.15) is 12.5 Å². The summed E-state index contributed by atoms with van der Waals surface area (Å²) in [5.41, 5.74) is 1.73. The number of hydrogen-bond donors (Lipinski definition) is 0. The minimum absolute atomic E-state index is 0.314. The van der Waals surface area contributed by atoms with Gasteiger partial charge in [0.15, 0.2) is 0 Å². The molecular formula is C19H24NO2+. The Hall–Kier alpha value is -2.13. The Morgan fingerprint density at radius 3 is 2.50 bits per heavy atom. The van der Waals surface area contributed by atoms with Gasteiger partial charge in [-0.25, -0.2) is 4.79 Å². The third kappa shape index (κ3) is 4.43. The van der Waals surface area contributed by atoms with E-state index in [0.29, 0.717) is 12.2 Å². The normalized spacial score (nSPS) is 11.4. The molecule has 0 unspecified atom stereocenters. The maximum absolute atomic E-state index is 11.4. The highest BCUT2D eigenvalue weighted by atomic mass is 16.5. The summed E-state index contributed by atoms with van der Waals surface area (Å²) in [6, 6.07) is 14.9.